The second-order valence-electron chi connectivity index (χ2n) is 3.14. The monoisotopic (exact) mass is 232 g/mol. The van der Waals surface area contributed by atoms with Gasteiger partial charge in [-0.1, -0.05) is 55.2 Å². The molecule has 2 nitrogen and oxygen atoms in total. The average Bonchev–Trinajstić information content (AvgIpc) is 3.07. The molecule has 0 bridgehead atoms. The Kier molecular flexibility index (Phi) is 10.9. The topological polar surface area (TPSA) is 26.3 Å². The van der Waals surface area contributed by atoms with Gasteiger partial charge in [0, 0.05) is 6.08 Å². The Morgan fingerprint density at radius 2 is 1.53 bits per heavy atom. The van der Waals surface area contributed by atoms with E-state index >= 15 is 0 Å². The van der Waals surface area contributed by atoms with Gasteiger partial charge in [-0.2, -0.15) is 0 Å². The summed E-state index contributed by atoms with van der Waals surface area (Å²) in [7, 11) is 0. The number of ether oxygens (including phenoxy) is 1. The molecule has 0 spiro atoms. The van der Waals surface area contributed by atoms with E-state index in [9.17, 15) is 4.79 Å². The van der Waals surface area contributed by atoms with E-state index in [-0.39, 0.29) is 5.97 Å². The standard InChI is InChI=1S/C5H8O2.2C5H6/c1-3-5(6)7-4-2;2*1-2-4-5-3-1/h3H,1,4H2,2H3;2*1-4H,5H2. The number of rotatable bonds is 2. The van der Waals surface area contributed by atoms with Gasteiger partial charge >= 0.3 is 5.97 Å². The van der Waals surface area contributed by atoms with E-state index in [4.69, 9.17) is 0 Å². The quantitative estimate of drug-likeness (QED) is 0.535. The first-order chi connectivity index (χ1) is 8.31. The van der Waals surface area contributed by atoms with E-state index in [0.717, 1.165) is 18.9 Å². The van der Waals surface area contributed by atoms with Crippen LogP contribution in [0.4, 0.5) is 0 Å². The molecule has 0 aromatic heterocycles. The Morgan fingerprint density at radius 1 is 1.12 bits per heavy atom. The Balaban J connectivity index is 0.000000229. The number of carbonyl (C=O) groups is 1. The van der Waals surface area contributed by atoms with Crippen LogP contribution in [0.15, 0.2) is 61.3 Å². The van der Waals surface area contributed by atoms with Gasteiger partial charge in [0.1, 0.15) is 0 Å². The number of hydrogen-bond acceptors (Lipinski definition) is 2. The van der Waals surface area contributed by atoms with Crippen molar-refractivity contribution in [3.8, 4) is 0 Å². The highest BCUT2D eigenvalue weighted by Crippen LogP contribution is 1.93. The molecule has 17 heavy (non-hydrogen) atoms. The molecule has 0 amide bonds. The van der Waals surface area contributed by atoms with Crippen LogP contribution in [0.3, 0.4) is 0 Å². The molecule has 0 N–H and O–H groups in total. The largest absolute Gasteiger partial charge is 0.463 e. The Labute approximate surface area is 104 Å². The van der Waals surface area contributed by atoms with Gasteiger partial charge in [0.05, 0.1) is 6.61 Å². The van der Waals surface area contributed by atoms with Gasteiger partial charge in [0.15, 0.2) is 0 Å². The fourth-order valence-corrected chi connectivity index (χ4v) is 0.987. The molecule has 2 aliphatic carbocycles. The van der Waals surface area contributed by atoms with E-state index in [1.54, 1.807) is 6.92 Å². The maximum atomic E-state index is 10.1. The SMILES string of the molecule is C1=CCC=C1.C1=CCC=C1.C=CC(=O)OCC. The van der Waals surface area contributed by atoms with Gasteiger partial charge < -0.3 is 4.74 Å². The lowest BCUT2D eigenvalue weighted by Crippen LogP contribution is -1.97. The third kappa shape index (κ3) is 12.1. The third-order valence-corrected chi connectivity index (χ3v) is 1.76. The normalized spacial score (nSPS) is 13.5. The van der Waals surface area contributed by atoms with Crippen molar-refractivity contribution in [1.29, 1.82) is 0 Å². The van der Waals surface area contributed by atoms with E-state index in [2.05, 4.69) is 59.9 Å². The number of esters is 1. The van der Waals surface area contributed by atoms with Gasteiger partial charge in [-0.15, -0.1) is 0 Å². The van der Waals surface area contributed by atoms with E-state index in [1.807, 2.05) is 0 Å². The molecule has 0 atom stereocenters. The maximum Gasteiger partial charge on any atom is 0.330 e. The molecular weight excluding hydrogens is 212 g/mol. The van der Waals surface area contributed by atoms with Gasteiger partial charge in [-0.3, -0.25) is 0 Å². The average molecular weight is 232 g/mol. The van der Waals surface area contributed by atoms with Crippen LogP contribution in [0.25, 0.3) is 0 Å². The van der Waals surface area contributed by atoms with Gasteiger partial charge in [0.25, 0.3) is 0 Å². The molecule has 0 aromatic rings. The van der Waals surface area contributed by atoms with Crippen molar-refractivity contribution >= 4 is 5.97 Å². The Morgan fingerprint density at radius 3 is 1.65 bits per heavy atom. The minimum absolute atomic E-state index is 0.359. The highest BCUT2D eigenvalue weighted by molar-refractivity contribution is 5.81. The molecule has 2 aliphatic rings. The zero-order chi connectivity index (χ0) is 12.8. The maximum absolute atomic E-state index is 10.1. The molecule has 2 rings (SSSR count). The summed E-state index contributed by atoms with van der Waals surface area (Å²) >= 11 is 0. The lowest BCUT2D eigenvalue weighted by atomic mass is 10.5. The van der Waals surface area contributed by atoms with Crippen LogP contribution in [0.1, 0.15) is 19.8 Å². The van der Waals surface area contributed by atoms with Crippen molar-refractivity contribution in [1.82, 2.24) is 0 Å². The highest BCUT2D eigenvalue weighted by atomic mass is 16.5. The van der Waals surface area contributed by atoms with Gasteiger partial charge in [-0.05, 0) is 19.8 Å². The van der Waals surface area contributed by atoms with Crippen molar-refractivity contribution in [2.75, 3.05) is 6.61 Å². The predicted molar refractivity (Wildman–Crippen MR) is 72.6 cm³/mol. The van der Waals surface area contributed by atoms with Gasteiger partial charge in [-0.25, -0.2) is 4.79 Å². The van der Waals surface area contributed by atoms with E-state index in [0.29, 0.717) is 6.61 Å². The second-order valence-corrected chi connectivity index (χ2v) is 3.14. The van der Waals surface area contributed by atoms with Gasteiger partial charge in [0.2, 0.25) is 0 Å². The smallest absolute Gasteiger partial charge is 0.330 e. The summed E-state index contributed by atoms with van der Waals surface area (Å²) in [6.07, 6.45) is 20.1. The van der Waals surface area contributed by atoms with Crippen LogP contribution in [-0.2, 0) is 9.53 Å². The molecule has 0 unspecified atom stereocenters. The summed E-state index contributed by atoms with van der Waals surface area (Å²) in [5.41, 5.74) is 0. The van der Waals surface area contributed by atoms with Crippen LogP contribution >= 0.6 is 0 Å². The Hall–Kier alpha value is -1.83. The van der Waals surface area contributed by atoms with E-state index < -0.39 is 0 Å². The van der Waals surface area contributed by atoms with Crippen LogP contribution in [0, 0.1) is 0 Å². The molecule has 0 saturated heterocycles. The summed E-state index contributed by atoms with van der Waals surface area (Å²) in [5, 5.41) is 0. The lowest BCUT2D eigenvalue weighted by molar-refractivity contribution is -0.137. The fraction of sp³-hybridized carbons (Fsp3) is 0.267. The molecule has 0 saturated carbocycles. The molecule has 0 fully saturated rings. The molecule has 0 aromatic carbocycles. The zero-order valence-corrected chi connectivity index (χ0v) is 10.3. The summed E-state index contributed by atoms with van der Waals surface area (Å²) in [6, 6.07) is 0. The van der Waals surface area contributed by atoms with Crippen molar-refractivity contribution in [3.05, 3.63) is 61.3 Å². The van der Waals surface area contributed by atoms with Crippen molar-refractivity contribution < 1.29 is 9.53 Å². The third-order valence-electron chi connectivity index (χ3n) is 1.76. The van der Waals surface area contributed by atoms with Crippen LogP contribution < -0.4 is 0 Å². The van der Waals surface area contributed by atoms with E-state index in [1.165, 1.54) is 0 Å². The number of hydrogen-bond donors (Lipinski definition) is 0. The number of allylic oxidation sites excluding steroid dienone is 8. The van der Waals surface area contributed by atoms with Crippen LogP contribution in [-0.4, -0.2) is 12.6 Å². The summed E-state index contributed by atoms with van der Waals surface area (Å²) in [4.78, 5) is 10.1. The molecule has 2 heteroatoms. The van der Waals surface area contributed by atoms with Crippen LogP contribution in [0.2, 0.25) is 0 Å². The number of carbonyl (C=O) groups excluding carboxylic acids is 1. The first-order valence-electron chi connectivity index (χ1n) is 5.73. The summed E-state index contributed by atoms with van der Waals surface area (Å²) < 4.78 is 4.43. The van der Waals surface area contributed by atoms with Crippen molar-refractivity contribution in [3.63, 3.8) is 0 Å². The van der Waals surface area contributed by atoms with Crippen molar-refractivity contribution in [2.45, 2.75) is 19.8 Å². The first kappa shape index (κ1) is 15.2. The summed E-state index contributed by atoms with van der Waals surface area (Å²) in [5.74, 6) is -0.359. The molecule has 0 radical (unpaired) electrons. The molecular formula is C15H20O2. The highest BCUT2D eigenvalue weighted by Gasteiger charge is 1.86. The zero-order valence-electron chi connectivity index (χ0n) is 10.3. The van der Waals surface area contributed by atoms with Crippen molar-refractivity contribution in [2.24, 2.45) is 0 Å². The first-order valence-corrected chi connectivity index (χ1v) is 5.73. The minimum Gasteiger partial charge on any atom is -0.463 e. The Bertz CT molecular complexity index is 278. The summed E-state index contributed by atoms with van der Waals surface area (Å²) in [6.45, 7) is 5.38. The molecule has 92 valence electrons. The minimum atomic E-state index is -0.359. The molecule has 0 aliphatic heterocycles. The second kappa shape index (κ2) is 12.2. The fourth-order valence-electron chi connectivity index (χ4n) is 0.987. The lowest BCUT2D eigenvalue weighted by Gasteiger charge is -1.90. The van der Waals surface area contributed by atoms with Crippen LogP contribution in [0.5, 0.6) is 0 Å². The molecule has 0 heterocycles. The predicted octanol–water partition coefficient (Wildman–Crippen LogP) is 3.74.